The Morgan fingerprint density at radius 3 is 1.86 bits per heavy atom. The van der Waals surface area contributed by atoms with Crippen LogP contribution in [0.2, 0.25) is 0 Å². The summed E-state index contributed by atoms with van der Waals surface area (Å²) in [6.07, 6.45) is 25.6. The van der Waals surface area contributed by atoms with Crippen molar-refractivity contribution in [1.82, 2.24) is 9.88 Å². The van der Waals surface area contributed by atoms with Crippen molar-refractivity contribution in [1.29, 1.82) is 0 Å². The number of unbranched alkanes of at least 4 members (excludes halogenated alkanes) is 13. The standard InChI is InChI=1S/C16H34O.C10H14N2/c1-2-3-4-5-6-7-8-9-10-11-12-13-14-15-16-17;1-12-7-3-5-10(12)9-4-2-6-11-8-9/h17H,2-16H2,1H3;2,4,6,8,10H,3,5,7H2,1H3/t;10-/m.0/s1. The second kappa shape index (κ2) is 19.1. The molecule has 1 aliphatic heterocycles. The maximum atomic E-state index is 8.64. The summed E-state index contributed by atoms with van der Waals surface area (Å²) in [7, 11) is 2.19. The van der Waals surface area contributed by atoms with E-state index in [1.807, 2.05) is 18.5 Å². The molecule has 2 rings (SSSR count). The molecule has 0 aromatic carbocycles. The number of nitrogens with zero attached hydrogens (tertiary/aromatic N) is 2. The Kier molecular flexibility index (Phi) is 17.2. The summed E-state index contributed by atoms with van der Waals surface area (Å²) in [4.78, 5) is 6.54. The summed E-state index contributed by atoms with van der Waals surface area (Å²) in [6, 6.07) is 4.79. The van der Waals surface area contributed by atoms with E-state index in [4.69, 9.17) is 5.11 Å². The molecule has 0 bridgehead atoms. The molecule has 0 aliphatic carbocycles. The molecular formula is C26H48N2O. The minimum Gasteiger partial charge on any atom is -0.396 e. The van der Waals surface area contributed by atoms with E-state index >= 15 is 0 Å². The van der Waals surface area contributed by atoms with E-state index < -0.39 is 0 Å². The first-order valence-electron chi connectivity index (χ1n) is 12.5. The number of pyridine rings is 1. The number of aliphatic hydroxyl groups is 1. The van der Waals surface area contributed by atoms with Crippen LogP contribution >= 0.6 is 0 Å². The summed E-state index contributed by atoms with van der Waals surface area (Å²) in [5.74, 6) is 0. The Morgan fingerprint density at radius 2 is 1.45 bits per heavy atom. The largest absolute Gasteiger partial charge is 0.396 e. The van der Waals surface area contributed by atoms with Gasteiger partial charge in [0.2, 0.25) is 0 Å². The summed E-state index contributed by atoms with van der Waals surface area (Å²) in [6.45, 7) is 3.87. The predicted octanol–water partition coefficient (Wildman–Crippen LogP) is 7.31. The van der Waals surface area contributed by atoms with Crippen LogP contribution in [0.5, 0.6) is 0 Å². The summed E-state index contributed by atoms with van der Waals surface area (Å²) >= 11 is 0. The molecule has 168 valence electrons. The van der Waals surface area contributed by atoms with Crippen LogP contribution in [0, 0.1) is 0 Å². The van der Waals surface area contributed by atoms with Gasteiger partial charge in [-0.1, -0.05) is 96.5 Å². The van der Waals surface area contributed by atoms with Crippen LogP contribution in [0.25, 0.3) is 0 Å². The van der Waals surface area contributed by atoms with E-state index in [1.165, 1.54) is 108 Å². The molecule has 0 unspecified atom stereocenters. The molecule has 1 fully saturated rings. The molecule has 29 heavy (non-hydrogen) atoms. The molecule has 0 spiro atoms. The maximum absolute atomic E-state index is 8.64. The van der Waals surface area contributed by atoms with Crippen molar-refractivity contribution in [2.75, 3.05) is 20.2 Å². The quantitative estimate of drug-likeness (QED) is 0.311. The lowest BCUT2D eigenvalue weighted by Gasteiger charge is -2.18. The van der Waals surface area contributed by atoms with Gasteiger partial charge in [-0.05, 0) is 44.5 Å². The Hall–Kier alpha value is -0.930. The van der Waals surface area contributed by atoms with Gasteiger partial charge in [0.25, 0.3) is 0 Å². The number of hydrogen-bond donors (Lipinski definition) is 1. The fourth-order valence-electron chi connectivity index (χ4n) is 4.21. The van der Waals surface area contributed by atoms with Crippen molar-refractivity contribution in [2.24, 2.45) is 0 Å². The third-order valence-corrected chi connectivity index (χ3v) is 6.10. The zero-order valence-corrected chi connectivity index (χ0v) is 19.5. The van der Waals surface area contributed by atoms with Crippen molar-refractivity contribution < 1.29 is 5.11 Å². The third kappa shape index (κ3) is 13.8. The summed E-state index contributed by atoms with van der Waals surface area (Å²) in [5.41, 5.74) is 1.36. The SMILES string of the molecule is CCCCCCCCCCCCCCCCO.CN1CCC[C@H]1c1cccnc1. The smallest absolute Gasteiger partial charge is 0.0431 e. The molecule has 3 heteroatoms. The third-order valence-electron chi connectivity index (χ3n) is 6.10. The summed E-state index contributed by atoms with van der Waals surface area (Å²) in [5, 5.41) is 8.64. The first kappa shape index (κ1) is 26.1. The lowest BCUT2D eigenvalue weighted by atomic mass is 10.0. The average molecular weight is 405 g/mol. The molecular weight excluding hydrogens is 356 g/mol. The minimum absolute atomic E-state index is 0.373. The van der Waals surface area contributed by atoms with Crippen molar-refractivity contribution in [3.8, 4) is 0 Å². The predicted molar refractivity (Wildman–Crippen MR) is 126 cm³/mol. The molecule has 1 saturated heterocycles. The Balaban J connectivity index is 0.000000304. The van der Waals surface area contributed by atoms with Crippen LogP contribution in [-0.4, -0.2) is 35.2 Å². The highest BCUT2D eigenvalue weighted by Crippen LogP contribution is 2.29. The highest BCUT2D eigenvalue weighted by atomic mass is 16.2. The van der Waals surface area contributed by atoms with E-state index in [0.717, 1.165) is 6.42 Å². The number of likely N-dealkylation sites (tertiary alicyclic amines) is 1. The second-order valence-corrected chi connectivity index (χ2v) is 8.74. The topological polar surface area (TPSA) is 36.4 Å². The van der Waals surface area contributed by atoms with E-state index in [9.17, 15) is 0 Å². The van der Waals surface area contributed by atoms with Crippen molar-refractivity contribution in [3.63, 3.8) is 0 Å². The van der Waals surface area contributed by atoms with Crippen molar-refractivity contribution in [2.45, 2.75) is 116 Å². The normalized spacial score (nSPS) is 16.6. The minimum atomic E-state index is 0.373. The highest BCUT2D eigenvalue weighted by molar-refractivity contribution is 5.14. The van der Waals surface area contributed by atoms with Crippen molar-refractivity contribution >= 4 is 0 Å². The first-order chi connectivity index (χ1) is 14.3. The molecule has 1 atom stereocenters. The number of hydrogen-bond acceptors (Lipinski definition) is 3. The number of aromatic nitrogens is 1. The van der Waals surface area contributed by atoms with E-state index in [0.29, 0.717) is 12.6 Å². The first-order valence-corrected chi connectivity index (χ1v) is 12.5. The van der Waals surface area contributed by atoms with Gasteiger partial charge >= 0.3 is 0 Å². The lowest BCUT2D eigenvalue weighted by molar-refractivity contribution is 0.282. The zero-order chi connectivity index (χ0) is 21.0. The molecule has 3 nitrogen and oxygen atoms in total. The molecule has 1 aromatic rings. The van der Waals surface area contributed by atoms with Crippen LogP contribution in [0.4, 0.5) is 0 Å². The molecule has 0 amide bonds. The maximum Gasteiger partial charge on any atom is 0.0431 e. The zero-order valence-electron chi connectivity index (χ0n) is 19.5. The Morgan fingerprint density at radius 1 is 0.897 bits per heavy atom. The molecule has 1 aliphatic rings. The number of aliphatic hydroxyl groups excluding tert-OH is 1. The van der Waals surface area contributed by atoms with Crippen LogP contribution in [0.1, 0.15) is 121 Å². The highest BCUT2D eigenvalue weighted by Gasteiger charge is 2.21. The molecule has 1 aromatic heterocycles. The molecule has 0 radical (unpaired) electrons. The second-order valence-electron chi connectivity index (χ2n) is 8.74. The fraction of sp³-hybridized carbons (Fsp3) is 0.808. The van der Waals surface area contributed by atoms with Gasteiger partial charge in [-0.25, -0.2) is 0 Å². The van der Waals surface area contributed by atoms with Gasteiger partial charge in [0.1, 0.15) is 0 Å². The van der Waals surface area contributed by atoms with E-state index in [1.54, 1.807) is 0 Å². The summed E-state index contributed by atoms with van der Waals surface area (Å²) < 4.78 is 0. The Bertz CT molecular complexity index is 437. The Labute approximate surface area is 181 Å². The molecule has 0 saturated carbocycles. The van der Waals surface area contributed by atoms with Gasteiger partial charge in [0.05, 0.1) is 0 Å². The van der Waals surface area contributed by atoms with Gasteiger partial charge in [0.15, 0.2) is 0 Å². The van der Waals surface area contributed by atoms with Crippen LogP contribution in [-0.2, 0) is 0 Å². The van der Waals surface area contributed by atoms with Gasteiger partial charge in [-0.2, -0.15) is 0 Å². The van der Waals surface area contributed by atoms with Gasteiger partial charge in [-0.3, -0.25) is 9.88 Å². The van der Waals surface area contributed by atoms with Gasteiger partial charge < -0.3 is 5.11 Å². The van der Waals surface area contributed by atoms with E-state index in [2.05, 4.69) is 29.9 Å². The monoisotopic (exact) mass is 404 g/mol. The lowest BCUT2D eigenvalue weighted by Crippen LogP contribution is -2.17. The van der Waals surface area contributed by atoms with Crippen LogP contribution in [0.15, 0.2) is 24.5 Å². The van der Waals surface area contributed by atoms with Gasteiger partial charge in [-0.15, -0.1) is 0 Å². The van der Waals surface area contributed by atoms with Crippen LogP contribution < -0.4 is 0 Å². The van der Waals surface area contributed by atoms with Crippen molar-refractivity contribution in [3.05, 3.63) is 30.1 Å². The van der Waals surface area contributed by atoms with Crippen LogP contribution in [0.3, 0.4) is 0 Å². The fourth-order valence-corrected chi connectivity index (χ4v) is 4.21. The molecule has 1 N–H and O–H groups in total. The van der Waals surface area contributed by atoms with Gasteiger partial charge in [0, 0.05) is 25.0 Å². The average Bonchev–Trinajstić information content (AvgIpc) is 3.18. The number of rotatable bonds is 15. The van der Waals surface area contributed by atoms with E-state index in [-0.39, 0.29) is 0 Å². The molecule has 2 heterocycles.